The van der Waals surface area contributed by atoms with E-state index in [-0.39, 0.29) is 0 Å². The fraction of sp³-hybridized carbons (Fsp3) is 0.231. The van der Waals surface area contributed by atoms with Gasteiger partial charge in [0.1, 0.15) is 5.69 Å². The molecular formula is C26H26BrN5O2S. The minimum absolute atomic E-state index is 0.321. The van der Waals surface area contributed by atoms with E-state index in [9.17, 15) is 8.42 Å². The van der Waals surface area contributed by atoms with Crippen LogP contribution in [0.3, 0.4) is 0 Å². The van der Waals surface area contributed by atoms with Gasteiger partial charge in [0.15, 0.2) is 5.82 Å². The number of anilines is 2. The highest BCUT2D eigenvalue weighted by molar-refractivity contribution is 9.10. The van der Waals surface area contributed by atoms with Crippen LogP contribution in [-0.4, -0.2) is 61.0 Å². The van der Waals surface area contributed by atoms with Crippen molar-refractivity contribution in [2.45, 2.75) is 11.8 Å². The van der Waals surface area contributed by atoms with E-state index in [4.69, 9.17) is 0 Å². The molecule has 0 bridgehead atoms. The molecule has 2 heterocycles. The van der Waals surface area contributed by atoms with E-state index >= 15 is 0 Å². The predicted octanol–water partition coefficient (Wildman–Crippen LogP) is 5.05. The molecule has 4 aromatic rings. The third kappa shape index (κ3) is 4.81. The summed E-state index contributed by atoms with van der Waals surface area (Å²) in [6.07, 6.45) is 0. The first kappa shape index (κ1) is 23.9. The van der Waals surface area contributed by atoms with Crippen LogP contribution in [0.1, 0.15) is 5.56 Å². The Hall–Kier alpha value is -2.85. The number of benzene rings is 3. The standard InChI is InChI=1S/C26H26BrN5O2S/c1-18-10-11-19(16-24(18)35(33,34)32-14-12-31(2)13-15-32)25-22-8-3-4-9-23(22)26(30-29-25)28-21-7-5-6-20(27)17-21/h3-11,16-17H,12-15H2,1-2H3,(H,28,30). The molecule has 0 spiro atoms. The van der Waals surface area contributed by atoms with Gasteiger partial charge in [-0.15, -0.1) is 10.2 Å². The second-order valence-corrected chi connectivity index (χ2v) is 11.6. The maximum absolute atomic E-state index is 13.5. The molecule has 180 valence electrons. The Bertz CT molecular complexity index is 1500. The van der Waals surface area contributed by atoms with Crippen molar-refractivity contribution < 1.29 is 8.42 Å². The Morgan fingerprint density at radius 1 is 0.886 bits per heavy atom. The third-order valence-corrected chi connectivity index (χ3v) is 8.85. The molecule has 1 fully saturated rings. The van der Waals surface area contributed by atoms with Crippen LogP contribution in [0.4, 0.5) is 11.5 Å². The molecule has 1 N–H and O–H groups in total. The Kier molecular flexibility index (Phi) is 6.59. The van der Waals surface area contributed by atoms with E-state index in [1.54, 1.807) is 10.4 Å². The molecule has 3 aromatic carbocycles. The minimum atomic E-state index is -3.61. The Balaban J connectivity index is 1.56. The molecule has 0 saturated carbocycles. The Morgan fingerprint density at radius 3 is 2.37 bits per heavy atom. The van der Waals surface area contributed by atoms with E-state index in [1.165, 1.54) is 0 Å². The maximum Gasteiger partial charge on any atom is 0.243 e. The van der Waals surface area contributed by atoms with Crippen molar-refractivity contribution in [2.75, 3.05) is 38.5 Å². The molecule has 1 aliphatic heterocycles. The summed E-state index contributed by atoms with van der Waals surface area (Å²) in [5, 5.41) is 14.2. The van der Waals surface area contributed by atoms with Crippen LogP contribution in [0, 0.1) is 6.92 Å². The lowest BCUT2D eigenvalue weighted by atomic mass is 10.0. The van der Waals surface area contributed by atoms with Gasteiger partial charge in [-0.3, -0.25) is 0 Å². The number of sulfonamides is 1. The highest BCUT2D eigenvalue weighted by Crippen LogP contribution is 2.33. The van der Waals surface area contributed by atoms with Crippen LogP contribution in [0.2, 0.25) is 0 Å². The number of rotatable bonds is 5. The topological polar surface area (TPSA) is 78.4 Å². The number of aryl methyl sites for hydroxylation is 1. The van der Waals surface area contributed by atoms with Gasteiger partial charge in [-0.25, -0.2) is 8.42 Å². The van der Waals surface area contributed by atoms with Gasteiger partial charge in [0.25, 0.3) is 0 Å². The fourth-order valence-electron chi connectivity index (χ4n) is 4.31. The average Bonchev–Trinajstić information content (AvgIpc) is 2.85. The minimum Gasteiger partial charge on any atom is -0.338 e. The van der Waals surface area contributed by atoms with Crippen molar-refractivity contribution in [1.29, 1.82) is 0 Å². The van der Waals surface area contributed by atoms with Crippen LogP contribution in [-0.2, 0) is 10.0 Å². The van der Waals surface area contributed by atoms with Crippen molar-refractivity contribution >= 4 is 48.2 Å². The summed E-state index contributed by atoms with van der Waals surface area (Å²) in [4.78, 5) is 2.46. The van der Waals surface area contributed by atoms with Gasteiger partial charge >= 0.3 is 0 Å². The number of nitrogens with zero attached hydrogens (tertiary/aromatic N) is 4. The van der Waals surface area contributed by atoms with Crippen molar-refractivity contribution in [3.63, 3.8) is 0 Å². The first-order valence-corrected chi connectivity index (χ1v) is 13.6. The van der Waals surface area contributed by atoms with Crippen molar-refractivity contribution in [1.82, 2.24) is 19.4 Å². The largest absolute Gasteiger partial charge is 0.338 e. The summed E-state index contributed by atoms with van der Waals surface area (Å²) in [7, 11) is -1.60. The molecule has 1 saturated heterocycles. The highest BCUT2D eigenvalue weighted by Gasteiger charge is 2.29. The second kappa shape index (κ2) is 9.66. The predicted molar refractivity (Wildman–Crippen MR) is 143 cm³/mol. The van der Waals surface area contributed by atoms with Crippen LogP contribution in [0.25, 0.3) is 22.0 Å². The first-order chi connectivity index (χ1) is 16.8. The summed E-state index contributed by atoms with van der Waals surface area (Å²) in [5.41, 5.74) is 2.98. The summed E-state index contributed by atoms with van der Waals surface area (Å²) < 4.78 is 29.5. The summed E-state index contributed by atoms with van der Waals surface area (Å²) >= 11 is 3.50. The second-order valence-electron chi connectivity index (χ2n) is 8.77. The van der Waals surface area contributed by atoms with Crippen LogP contribution >= 0.6 is 15.9 Å². The molecule has 1 aliphatic rings. The normalized spacial score (nSPS) is 15.4. The van der Waals surface area contributed by atoms with E-state index < -0.39 is 10.0 Å². The van der Waals surface area contributed by atoms with Gasteiger partial charge in [-0.05, 0) is 43.8 Å². The number of hydrogen-bond acceptors (Lipinski definition) is 6. The lowest BCUT2D eigenvalue weighted by Gasteiger charge is -2.32. The zero-order valence-electron chi connectivity index (χ0n) is 19.6. The van der Waals surface area contributed by atoms with Gasteiger partial charge in [0, 0.05) is 52.7 Å². The number of likely N-dealkylation sites (N-methyl/N-ethyl adjacent to an activating group) is 1. The fourth-order valence-corrected chi connectivity index (χ4v) is 6.38. The summed E-state index contributed by atoms with van der Waals surface area (Å²) in [5.74, 6) is 0.639. The molecular weight excluding hydrogens is 526 g/mol. The molecule has 7 nitrogen and oxygen atoms in total. The number of piperazine rings is 1. The van der Waals surface area contributed by atoms with Gasteiger partial charge in [-0.2, -0.15) is 4.31 Å². The van der Waals surface area contributed by atoms with Gasteiger partial charge in [-0.1, -0.05) is 58.4 Å². The summed E-state index contributed by atoms with van der Waals surface area (Å²) in [6.45, 7) is 4.25. The zero-order valence-corrected chi connectivity index (χ0v) is 22.0. The van der Waals surface area contributed by atoms with Crippen molar-refractivity contribution in [2.24, 2.45) is 0 Å². The van der Waals surface area contributed by atoms with Crippen LogP contribution in [0.15, 0.2) is 76.1 Å². The molecule has 0 aliphatic carbocycles. The summed E-state index contributed by atoms with van der Waals surface area (Å²) in [6, 6.07) is 21.2. The number of fused-ring (bicyclic) bond motifs is 1. The molecule has 0 unspecified atom stereocenters. The lowest BCUT2D eigenvalue weighted by molar-refractivity contribution is 0.222. The number of halogens is 1. The zero-order chi connectivity index (χ0) is 24.6. The smallest absolute Gasteiger partial charge is 0.243 e. The molecule has 0 radical (unpaired) electrons. The SMILES string of the molecule is Cc1ccc(-c2nnc(Nc3cccc(Br)c3)c3ccccc23)cc1S(=O)(=O)N1CCN(C)CC1. The third-order valence-electron chi connectivity index (χ3n) is 6.32. The molecule has 5 rings (SSSR count). The average molecular weight is 552 g/mol. The van der Waals surface area contributed by atoms with Gasteiger partial charge in [0.2, 0.25) is 10.0 Å². The molecule has 0 amide bonds. The van der Waals surface area contributed by atoms with E-state index in [1.807, 2.05) is 74.6 Å². The van der Waals surface area contributed by atoms with Crippen molar-refractivity contribution in [3.05, 3.63) is 76.8 Å². The molecule has 0 atom stereocenters. The first-order valence-electron chi connectivity index (χ1n) is 11.4. The van der Waals surface area contributed by atoms with Crippen LogP contribution < -0.4 is 5.32 Å². The maximum atomic E-state index is 13.5. The number of aromatic nitrogens is 2. The quantitative estimate of drug-likeness (QED) is 0.374. The number of nitrogens with one attached hydrogen (secondary N) is 1. The highest BCUT2D eigenvalue weighted by atomic mass is 79.9. The van der Waals surface area contributed by atoms with Crippen molar-refractivity contribution in [3.8, 4) is 11.3 Å². The molecule has 1 aromatic heterocycles. The molecule has 35 heavy (non-hydrogen) atoms. The van der Waals surface area contributed by atoms with E-state index in [0.29, 0.717) is 29.5 Å². The van der Waals surface area contributed by atoms with E-state index in [0.717, 1.165) is 45.1 Å². The van der Waals surface area contributed by atoms with E-state index in [2.05, 4.69) is 36.3 Å². The number of hydrogen-bond donors (Lipinski definition) is 1. The van der Waals surface area contributed by atoms with Crippen LogP contribution in [0.5, 0.6) is 0 Å². The Labute approximate surface area is 214 Å². The van der Waals surface area contributed by atoms with Gasteiger partial charge in [0.05, 0.1) is 4.90 Å². The monoisotopic (exact) mass is 551 g/mol. The van der Waals surface area contributed by atoms with Gasteiger partial charge < -0.3 is 10.2 Å². The Morgan fingerprint density at radius 2 is 1.63 bits per heavy atom. The lowest BCUT2D eigenvalue weighted by Crippen LogP contribution is -2.47. The molecule has 9 heteroatoms.